The average molecular weight is 617 g/mol. The number of hydrogen-bond acceptors (Lipinski definition) is 2. The van der Waals surface area contributed by atoms with Crippen LogP contribution < -0.4 is 33.4 Å². The molecule has 0 unspecified atom stereocenters. The molecule has 37 heavy (non-hydrogen) atoms. The van der Waals surface area contributed by atoms with Gasteiger partial charge in [-0.15, -0.1) is 0 Å². The number of halogens is 1. The number of aromatic nitrogens is 1. The second kappa shape index (κ2) is 13.0. The van der Waals surface area contributed by atoms with Crippen LogP contribution in [-0.2, 0) is 6.54 Å². The van der Waals surface area contributed by atoms with Gasteiger partial charge in [0.15, 0.2) is 6.54 Å². The summed E-state index contributed by atoms with van der Waals surface area (Å²) in [7, 11) is 4.15. The van der Waals surface area contributed by atoms with Crippen LogP contribution in [0.4, 0.5) is 5.69 Å². The van der Waals surface area contributed by atoms with Crippen molar-refractivity contribution in [3.63, 3.8) is 0 Å². The number of nitrogens with zero attached hydrogens (tertiary/aromatic N) is 2. The van der Waals surface area contributed by atoms with E-state index >= 15 is 0 Å². The van der Waals surface area contributed by atoms with Crippen LogP contribution in [0.5, 0.6) is 0 Å². The Hall–Kier alpha value is -2.96. The maximum absolute atomic E-state index is 2.50. The Balaban J connectivity index is 0.00000320. The zero-order valence-corrected chi connectivity index (χ0v) is 24.4. The molecular weight excluding hydrogens is 583 g/mol. The first-order valence-electron chi connectivity index (χ1n) is 12.7. The van der Waals surface area contributed by atoms with E-state index in [1.165, 1.54) is 37.6 Å². The molecule has 0 spiro atoms. The van der Waals surface area contributed by atoms with Crippen LogP contribution in [-0.4, -0.2) is 14.1 Å². The first-order chi connectivity index (χ1) is 17.7. The Morgan fingerprint density at radius 2 is 1.32 bits per heavy atom. The Morgan fingerprint density at radius 1 is 0.730 bits per heavy atom. The normalized spacial score (nSPS) is 11.2. The zero-order valence-electron chi connectivity index (χ0n) is 21.4. The van der Waals surface area contributed by atoms with Gasteiger partial charge in [-0.05, 0) is 47.4 Å². The van der Waals surface area contributed by atoms with E-state index in [-0.39, 0.29) is 24.0 Å². The third-order valence-corrected chi connectivity index (χ3v) is 7.87. The first-order valence-corrected chi connectivity index (χ1v) is 13.5. The summed E-state index contributed by atoms with van der Waals surface area (Å²) < 4.78 is 3.83. The summed E-state index contributed by atoms with van der Waals surface area (Å²) in [6.45, 7) is 0.999. The summed E-state index contributed by atoms with van der Waals surface area (Å²) in [6, 6.07) is 39.4. The van der Waals surface area contributed by atoms with Crippen molar-refractivity contribution < 1.29 is 28.5 Å². The molecule has 0 saturated heterocycles. The van der Waals surface area contributed by atoms with Crippen LogP contribution in [0.1, 0.15) is 40.5 Å². The highest BCUT2D eigenvalue weighted by molar-refractivity contribution is 7.18. The van der Waals surface area contributed by atoms with Crippen molar-refractivity contribution in [1.82, 2.24) is 0 Å². The van der Waals surface area contributed by atoms with Crippen molar-refractivity contribution in [3.05, 3.63) is 131 Å². The van der Waals surface area contributed by atoms with Crippen molar-refractivity contribution in [2.45, 2.75) is 25.3 Å². The van der Waals surface area contributed by atoms with Crippen LogP contribution in [0.3, 0.4) is 0 Å². The Kier molecular flexibility index (Phi) is 9.53. The molecule has 2 nitrogen and oxygen atoms in total. The SMILES string of the molecule is CN(C)c1ccc(/C=C/c2sc3ccccc3[n+]2CCCC(c2ccccc2)c2ccccc2)cc1.[I-]. The monoisotopic (exact) mass is 616 g/mol. The minimum atomic E-state index is 0. The molecule has 0 fully saturated rings. The molecule has 0 aliphatic carbocycles. The summed E-state index contributed by atoms with van der Waals surface area (Å²) >= 11 is 1.87. The lowest BCUT2D eigenvalue weighted by atomic mass is 9.87. The lowest BCUT2D eigenvalue weighted by Gasteiger charge is -2.17. The second-order valence-electron chi connectivity index (χ2n) is 9.40. The van der Waals surface area contributed by atoms with Gasteiger partial charge in [-0.2, -0.15) is 4.57 Å². The number of thiazole rings is 1. The Labute approximate surface area is 241 Å². The highest BCUT2D eigenvalue weighted by Gasteiger charge is 2.20. The lowest BCUT2D eigenvalue weighted by Crippen LogP contribution is -3.00. The molecule has 1 aromatic heterocycles. The van der Waals surface area contributed by atoms with Crippen LogP contribution in [0.25, 0.3) is 22.4 Å². The molecule has 0 aliphatic rings. The third kappa shape index (κ3) is 6.68. The van der Waals surface area contributed by atoms with Gasteiger partial charge >= 0.3 is 0 Å². The van der Waals surface area contributed by atoms with Crippen molar-refractivity contribution in [2.75, 3.05) is 19.0 Å². The quantitative estimate of drug-likeness (QED) is 0.166. The van der Waals surface area contributed by atoms with Gasteiger partial charge in [0.2, 0.25) is 5.52 Å². The Bertz CT molecular complexity index is 1380. The Morgan fingerprint density at radius 3 is 1.95 bits per heavy atom. The van der Waals surface area contributed by atoms with E-state index in [2.05, 4.69) is 145 Å². The highest BCUT2D eigenvalue weighted by atomic mass is 127. The number of fused-ring (bicyclic) bond motifs is 1. The molecule has 0 radical (unpaired) electrons. The molecule has 0 aliphatic heterocycles. The standard InChI is InChI=1S/C33H33N2S.HI/c1-34(2)29-22-19-26(20-23-29)21-24-33-35(31-17-9-10-18-32(31)36-33)25-11-16-30(27-12-5-3-6-13-27)28-14-7-4-8-15-28;/h3-10,12-15,17-24,30H,11,16,25H2,1-2H3;1H/q+1;/p-1. The first kappa shape index (κ1) is 27.1. The van der Waals surface area contributed by atoms with Gasteiger partial charge in [0.25, 0.3) is 5.01 Å². The average Bonchev–Trinajstić information content (AvgIpc) is 3.28. The number of anilines is 1. The third-order valence-electron chi connectivity index (χ3n) is 6.74. The van der Waals surface area contributed by atoms with Crippen LogP contribution in [0, 0.1) is 0 Å². The van der Waals surface area contributed by atoms with Gasteiger partial charge in [-0.25, -0.2) is 0 Å². The summed E-state index contributed by atoms with van der Waals surface area (Å²) in [6.07, 6.45) is 6.73. The molecule has 4 heteroatoms. The highest BCUT2D eigenvalue weighted by Crippen LogP contribution is 2.30. The molecule has 5 aromatic rings. The minimum absolute atomic E-state index is 0. The smallest absolute Gasteiger partial charge is 0.262 e. The summed E-state index contributed by atoms with van der Waals surface area (Å²) in [4.78, 5) is 2.13. The molecule has 188 valence electrons. The van der Waals surface area contributed by atoms with Crippen LogP contribution in [0.15, 0.2) is 109 Å². The zero-order chi connectivity index (χ0) is 24.7. The number of hydrogen-bond donors (Lipinski definition) is 0. The van der Waals surface area contributed by atoms with Gasteiger partial charge in [-0.1, -0.05) is 96.3 Å². The molecule has 0 atom stereocenters. The summed E-state index contributed by atoms with van der Waals surface area (Å²) in [5, 5.41) is 1.30. The van der Waals surface area contributed by atoms with Crippen molar-refractivity contribution >= 4 is 39.4 Å². The van der Waals surface area contributed by atoms with Gasteiger partial charge < -0.3 is 28.9 Å². The molecular formula is C33H33IN2S. The lowest BCUT2D eigenvalue weighted by molar-refractivity contribution is -0.669. The predicted octanol–water partition coefficient (Wildman–Crippen LogP) is 5.04. The van der Waals surface area contributed by atoms with Gasteiger partial charge in [0.1, 0.15) is 4.70 Å². The predicted molar refractivity (Wildman–Crippen MR) is 156 cm³/mol. The summed E-state index contributed by atoms with van der Waals surface area (Å²) in [5.74, 6) is 0.409. The number of benzene rings is 4. The molecule has 0 N–H and O–H groups in total. The fourth-order valence-corrected chi connectivity index (χ4v) is 5.90. The van der Waals surface area contributed by atoms with Crippen LogP contribution >= 0.6 is 11.3 Å². The number of aryl methyl sites for hydroxylation is 1. The number of para-hydroxylation sites is 1. The molecule has 4 aromatic carbocycles. The van der Waals surface area contributed by atoms with Gasteiger partial charge in [0, 0.05) is 44.3 Å². The van der Waals surface area contributed by atoms with E-state index in [1.807, 2.05) is 11.3 Å². The summed E-state index contributed by atoms with van der Waals surface area (Å²) in [5.41, 5.74) is 6.55. The minimum Gasteiger partial charge on any atom is -1.00 e. The van der Waals surface area contributed by atoms with E-state index < -0.39 is 0 Å². The fraction of sp³-hybridized carbons (Fsp3) is 0.182. The topological polar surface area (TPSA) is 7.12 Å². The van der Waals surface area contributed by atoms with Crippen molar-refractivity contribution in [3.8, 4) is 0 Å². The fourth-order valence-electron chi connectivity index (χ4n) is 4.81. The van der Waals surface area contributed by atoms with Gasteiger partial charge in [0.05, 0.1) is 0 Å². The van der Waals surface area contributed by atoms with Crippen molar-refractivity contribution in [2.24, 2.45) is 0 Å². The second-order valence-corrected chi connectivity index (χ2v) is 10.5. The number of rotatable bonds is 9. The molecule has 0 saturated carbocycles. The van der Waals surface area contributed by atoms with E-state index in [4.69, 9.17) is 0 Å². The van der Waals surface area contributed by atoms with Gasteiger partial charge in [-0.3, -0.25) is 0 Å². The molecule has 0 amide bonds. The van der Waals surface area contributed by atoms with E-state index in [0.717, 1.165) is 19.4 Å². The van der Waals surface area contributed by atoms with Crippen LogP contribution in [0.2, 0.25) is 0 Å². The van der Waals surface area contributed by atoms with E-state index in [9.17, 15) is 0 Å². The maximum Gasteiger partial charge on any atom is 0.262 e. The molecule has 5 rings (SSSR count). The molecule has 0 bridgehead atoms. The largest absolute Gasteiger partial charge is 1.00 e. The maximum atomic E-state index is 2.50. The molecule has 1 heterocycles. The van der Waals surface area contributed by atoms with Crippen molar-refractivity contribution in [1.29, 1.82) is 0 Å². The van der Waals surface area contributed by atoms with E-state index in [1.54, 1.807) is 0 Å². The van der Waals surface area contributed by atoms with E-state index in [0.29, 0.717) is 5.92 Å².